The molecule has 1 aromatic heterocycles. The lowest BCUT2D eigenvalue weighted by molar-refractivity contribution is 0.0689. The van der Waals surface area contributed by atoms with Crippen molar-refractivity contribution in [3.8, 4) is 0 Å². The molecule has 1 atom stereocenters. The maximum atomic E-state index is 10.9. The molecule has 0 aromatic carbocycles. The molecule has 17 heavy (non-hydrogen) atoms. The van der Waals surface area contributed by atoms with Gasteiger partial charge in [0, 0.05) is 18.6 Å². The molecular weight excluding hydrogens is 218 g/mol. The normalized spacial score (nSPS) is 20.1. The van der Waals surface area contributed by atoms with Crippen molar-refractivity contribution in [2.45, 2.75) is 51.7 Å². The van der Waals surface area contributed by atoms with E-state index in [1.54, 1.807) is 6.07 Å². The van der Waals surface area contributed by atoms with E-state index in [1.807, 2.05) is 4.68 Å². The van der Waals surface area contributed by atoms with Gasteiger partial charge >= 0.3 is 5.97 Å². The van der Waals surface area contributed by atoms with Gasteiger partial charge in [-0.2, -0.15) is 5.10 Å². The minimum absolute atomic E-state index is 0.150. The number of aromatic carboxylic acids is 1. The first-order valence-corrected chi connectivity index (χ1v) is 6.15. The molecule has 5 nitrogen and oxygen atoms in total. The van der Waals surface area contributed by atoms with E-state index in [4.69, 9.17) is 5.11 Å². The Hall–Kier alpha value is -1.36. The van der Waals surface area contributed by atoms with Crippen LogP contribution in [0.15, 0.2) is 6.07 Å². The Morgan fingerprint density at radius 3 is 3.00 bits per heavy atom. The fourth-order valence-corrected chi connectivity index (χ4v) is 2.32. The van der Waals surface area contributed by atoms with Crippen molar-refractivity contribution in [2.75, 3.05) is 0 Å². The van der Waals surface area contributed by atoms with Gasteiger partial charge in [0.15, 0.2) is 5.69 Å². The van der Waals surface area contributed by atoms with Gasteiger partial charge in [-0.3, -0.25) is 4.68 Å². The molecule has 0 saturated carbocycles. The molecule has 1 aliphatic heterocycles. The largest absolute Gasteiger partial charge is 0.476 e. The molecule has 0 saturated heterocycles. The summed E-state index contributed by atoms with van der Waals surface area (Å²) in [5.41, 5.74) is 1.16. The Bertz CT molecular complexity index is 412. The SMILES string of the molecule is CC(C)NC1CCCCn2nc(C(=O)O)cc21. The quantitative estimate of drug-likeness (QED) is 0.841. The van der Waals surface area contributed by atoms with Crippen LogP contribution in [0.4, 0.5) is 0 Å². The molecule has 0 fully saturated rings. The number of aryl methyl sites for hydroxylation is 1. The lowest BCUT2D eigenvalue weighted by Crippen LogP contribution is -2.29. The lowest BCUT2D eigenvalue weighted by Gasteiger charge is -2.19. The molecule has 2 N–H and O–H groups in total. The number of carbonyl (C=O) groups is 1. The van der Waals surface area contributed by atoms with Gasteiger partial charge < -0.3 is 10.4 Å². The number of rotatable bonds is 3. The number of hydrogen-bond acceptors (Lipinski definition) is 3. The number of aromatic nitrogens is 2. The monoisotopic (exact) mass is 237 g/mol. The fraction of sp³-hybridized carbons (Fsp3) is 0.667. The van der Waals surface area contributed by atoms with E-state index < -0.39 is 5.97 Å². The van der Waals surface area contributed by atoms with E-state index in [0.717, 1.165) is 31.5 Å². The Labute approximate surface area is 101 Å². The molecule has 1 aromatic rings. The highest BCUT2D eigenvalue weighted by Gasteiger charge is 2.23. The average molecular weight is 237 g/mol. The van der Waals surface area contributed by atoms with Crippen LogP contribution >= 0.6 is 0 Å². The van der Waals surface area contributed by atoms with Crippen LogP contribution in [0.25, 0.3) is 0 Å². The molecular formula is C12H19N3O2. The molecule has 0 aliphatic carbocycles. The third kappa shape index (κ3) is 2.66. The minimum Gasteiger partial charge on any atom is -0.476 e. The molecule has 5 heteroatoms. The van der Waals surface area contributed by atoms with Crippen LogP contribution in [0.5, 0.6) is 0 Å². The van der Waals surface area contributed by atoms with Crippen molar-refractivity contribution >= 4 is 5.97 Å². The summed E-state index contributed by atoms with van der Waals surface area (Å²) < 4.78 is 1.84. The maximum absolute atomic E-state index is 10.9. The molecule has 0 amide bonds. The maximum Gasteiger partial charge on any atom is 0.356 e. The summed E-state index contributed by atoms with van der Waals surface area (Å²) in [6, 6.07) is 2.31. The predicted molar refractivity (Wildman–Crippen MR) is 64.1 cm³/mol. The van der Waals surface area contributed by atoms with Crippen LogP contribution in [0.2, 0.25) is 0 Å². The van der Waals surface area contributed by atoms with E-state index in [2.05, 4.69) is 24.3 Å². The van der Waals surface area contributed by atoms with Crippen molar-refractivity contribution < 1.29 is 9.90 Å². The molecule has 1 unspecified atom stereocenters. The first-order chi connectivity index (χ1) is 8.08. The molecule has 0 bridgehead atoms. The second-order valence-corrected chi connectivity index (χ2v) is 4.85. The summed E-state index contributed by atoms with van der Waals surface area (Å²) >= 11 is 0. The van der Waals surface area contributed by atoms with Gasteiger partial charge in [0.2, 0.25) is 0 Å². The zero-order chi connectivity index (χ0) is 12.4. The van der Waals surface area contributed by atoms with Crippen molar-refractivity contribution in [3.05, 3.63) is 17.5 Å². The van der Waals surface area contributed by atoms with Crippen molar-refractivity contribution in [3.63, 3.8) is 0 Å². The Balaban J connectivity index is 2.30. The number of nitrogens with one attached hydrogen (secondary N) is 1. The second-order valence-electron chi connectivity index (χ2n) is 4.85. The number of hydrogen-bond donors (Lipinski definition) is 2. The highest BCUT2D eigenvalue weighted by Crippen LogP contribution is 2.25. The van der Waals surface area contributed by atoms with E-state index in [0.29, 0.717) is 6.04 Å². The number of nitrogens with zero attached hydrogens (tertiary/aromatic N) is 2. The highest BCUT2D eigenvalue weighted by molar-refractivity contribution is 5.85. The minimum atomic E-state index is -0.950. The molecule has 1 aliphatic rings. The number of carboxylic acid groups (broad SMARTS) is 1. The lowest BCUT2D eigenvalue weighted by atomic mass is 10.1. The summed E-state index contributed by atoms with van der Waals surface area (Å²) in [5, 5.41) is 16.6. The Kier molecular flexibility index (Phi) is 3.47. The highest BCUT2D eigenvalue weighted by atomic mass is 16.4. The first kappa shape index (κ1) is 12.1. The summed E-state index contributed by atoms with van der Waals surface area (Å²) in [5.74, 6) is -0.950. The molecule has 0 radical (unpaired) electrons. The van der Waals surface area contributed by atoms with Crippen molar-refractivity contribution in [1.82, 2.24) is 15.1 Å². The van der Waals surface area contributed by atoms with E-state index in [-0.39, 0.29) is 11.7 Å². The topological polar surface area (TPSA) is 67.2 Å². The Morgan fingerprint density at radius 2 is 2.35 bits per heavy atom. The van der Waals surface area contributed by atoms with Gasteiger partial charge in [0.1, 0.15) is 0 Å². The van der Waals surface area contributed by atoms with Gasteiger partial charge in [-0.05, 0) is 25.3 Å². The fourth-order valence-electron chi connectivity index (χ4n) is 2.32. The summed E-state index contributed by atoms with van der Waals surface area (Å²) in [4.78, 5) is 10.9. The van der Waals surface area contributed by atoms with Gasteiger partial charge in [-0.1, -0.05) is 13.8 Å². The van der Waals surface area contributed by atoms with Gasteiger partial charge in [0.25, 0.3) is 0 Å². The Morgan fingerprint density at radius 1 is 1.59 bits per heavy atom. The van der Waals surface area contributed by atoms with Crippen molar-refractivity contribution in [1.29, 1.82) is 0 Å². The van der Waals surface area contributed by atoms with Crippen molar-refractivity contribution in [2.24, 2.45) is 0 Å². The second kappa shape index (κ2) is 4.87. The van der Waals surface area contributed by atoms with E-state index in [9.17, 15) is 4.79 Å². The van der Waals surface area contributed by atoms with Crippen LogP contribution in [0.3, 0.4) is 0 Å². The van der Waals surface area contributed by atoms with Crippen LogP contribution < -0.4 is 5.32 Å². The van der Waals surface area contributed by atoms with Gasteiger partial charge in [-0.25, -0.2) is 4.79 Å². The van der Waals surface area contributed by atoms with Gasteiger partial charge in [0.05, 0.1) is 5.69 Å². The molecule has 94 valence electrons. The van der Waals surface area contributed by atoms with E-state index >= 15 is 0 Å². The number of fused-ring (bicyclic) bond motifs is 1. The van der Waals surface area contributed by atoms with Crippen LogP contribution in [0, 0.1) is 0 Å². The first-order valence-electron chi connectivity index (χ1n) is 6.15. The van der Waals surface area contributed by atoms with Crippen LogP contribution in [-0.2, 0) is 6.54 Å². The summed E-state index contributed by atoms with van der Waals surface area (Å²) in [6.07, 6.45) is 3.25. The zero-order valence-corrected chi connectivity index (χ0v) is 10.3. The summed E-state index contributed by atoms with van der Waals surface area (Å²) in [6.45, 7) is 5.02. The molecule has 2 heterocycles. The third-order valence-corrected chi connectivity index (χ3v) is 3.03. The molecule has 2 rings (SSSR count). The molecule has 0 spiro atoms. The predicted octanol–water partition coefficient (Wildman–Crippen LogP) is 1.80. The standard InChI is InChI=1S/C12H19N3O2/c1-8(2)13-9-5-3-4-6-15-11(9)7-10(14-15)12(16)17/h7-9,13H,3-6H2,1-2H3,(H,16,17). The summed E-state index contributed by atoms with van der Waals surface area (Å²) in [7, 11) is 0. The zero-order valence-electron chi connectivity index (χ0n) is 10.3. The van der Waals surface area contributed by atoms with E-state index in [1.165, 1.54) is 0 Å². The van der Waals surface area contributed by atoms with Gasteiger partial charge in [-0.15, -0.1) is 0 Å². The average Bonchev–Trinajstić information content (AvgIpc) is 2.59. The smallest absolute Gasteiger partial charge is 0.356 e. The van der Waals surface area contributed by atoms with Crippen LogP contribution in [-0.4, -0.2) is 26.9 Å². The number of carboxylic acids is 1. The van der Waals surface area contributed by atoms with Crippen LogP contribution in [0.1, 0.15) is 55.3 Å². The third-order valence-electron chi connectivity index (χ3n) is 3.03.